The molecule has 0 amide bonds. The van der Waals surface area contributed by atoms with E-state index in [9.17, 15) is 4.79 Å². The Kier molecular flexibility index (Phi) is 8.72. The van der Waals surface area contributed by atoms with Crippen molar-refractivity contribution in [3.05, 3.63) is 42.0 Å². The highest BCUT2D eigenvalue weighted by Gasteiger charge is 2.34. The molecule has 1 aliphatic heterocycles. The van der Waals surface area contributed by atoms with E-state index in [-0.39, 0.29) is 17.5 Å². The average Bonchev–Trinajstić information content (AvgIpc) is 2.81. The van der Waals surface area contributed by atoms with Crippen LogP contribution in [0.15, 0.2) is 36.4 Å². The minimum absolute atomic E-state index is 0.0124. The zero-order valence-electron chi connectivity index (χ0n) is 21.9. The zero-order chi connectivity index (χ0) is 24.8. The van der Waals surface area contributed by atoms with Gasteiger partial charge in [-0.05, 0) is 78.5 Å². The Bertz CT molecular complexity index is 980. The molecule has 1 saturated carbocycles. The Morgan fingerprint density at radius 3 is 2.54 bits per heavy atom. The third kappa shape index (κ3) is 6.98. The maximum atomic E-state index is 13.0. The molecular formula is C30H42O5. The average molecular weight is 483 g/mol. The molecule has 35 heavy (non-hydrogen) atoms. The summed E-state index contributed by atoms with van der Waals surface area (Å²) in [5.74, 6) is 2.22. The molecule has 2 aliphatic rings. The molecule has 2 fully saturated rings. The Labute approximate surface area is 210 Å². The van der Waals surface area contributed by atoms with E-state index in [2.05, 4.69) is 27.7 Å². The third-order valence-corrected chi connectivity index (χ3v) is 7.57. The number of esters is 1. The van der Waals surface area contributed by atoms with E-state index in [4.69, 9.17) is 18.9 Å². The Morgan fingerprint density at radius 2 is 1.80 bits per heavy atom. The van der Waals surface area contributed by atoms with Gasteiger partial charge < -0.3 is 18.9 Å². The van der Waals surface area contributed by atoms with Crippen LogP contribution >= 0.6 is 0 Å². The first-order chi connectivity index (χ1) is 16.8. The van der Waals surface area contributed by atoms with Gasteiger partial charge in [0.1, 0.15) is 11.9 Å². The molecule has 192 valence electrons. The first-order valence-corrected chi connectivity index (χ1v) is 13.4. The van der Waals surface area contributed by atoms with Crippen LogP contribution in [-0.4, -0.2) is 45.1 Å². The zero-order valence-corrected chi connectivity index (χ0v) is 21.9. The number of fused-ring (bicyclic) bond motifs is 1. The summed E-state index contributed by atoms with van der Waals surface area (Å²) in [4.78, 5) is 13.0. The van der Waals surface area contributed by atoms with Gasteiger partial charge in [-0.25, -0.2) is 4.79 Å². The molecule has 0 radical (unpaired) electrons. The second kappa shape index (κ2) is 11.7. The fourth-order valence-corrected chi connectivity index (χ4v) is 5.24. The Morgan fingerprint density at radius 1 is 1.06 bits per heavy atom. The van der Waals surface area contributed by atoms with Gasteiger partial charge in [-0.2, -0.15) is 0 Å². The highest BCUT2D eigenvalue weighted by molar-refractivity contribution is 5.95. The summed E-state index contributed by atoms with van der Waals surface area (Å²) in [7, 11) is 0. The lowest BCUT2D eigenvalue weighted by molar-refractivity contribution is -0.138. The number of rotatable bonds is 11. The van der Waals surface area contributed by atoms with Crippen molar-refractivity contribution in [2.75, 3.05) is 33.0 Å². The number of hydrogen-bond acceptors (Lipinski definition) is 5. The standard InChI is InChI=1S/C30H42O5/c1-21(2)27-12-7-22(3)15-28(27)35-29(31)25-9-8-24-17-26(11-10-23(24)16-25)34-14-6-5-13-32-18-30(4)19-33-20-30/h8-11,16-17,21-22,27-28H,5-7,12-15,18-20H2,1-4H3. The van der Waals surface area contributed by atoms with Gasteiger partial charge >= 0.3 is 5.97 Å². The second-order valence-electron chi connectivity index (χ2n) is 11.4. The highest BCUT2D eigenvalue weighted by Crippen LogP contribution is 2.36. The summed E-state index contributed by atoms with van der Waals surface area (Å²) >= 11 is 0. The van der Waals surface area contributed by atoms with Crippen molar-refractivity contribution in [3.63, 3.8) is 0 Å². The van der Waals surface area contributed by atoms with Crippen LogP contribution in [0.25, 0.3) is 10.8 Å². The number of hydrogen-bond donors (Lipinski definition) is 0. The number of carbonyl (C=O) groups excluding carboxylic acids is 1. The SMILES string of the molecule is CC1CCC(C(C)C)C(OC(=O)c2ccc3cc(OCCCCOCC4(C)COC4)ccc3c2)C1. The smallest absolute Gasteiger partial charge is 0.338 e. The largest absolute Gasteiger partial charge is 0.494 e. The molecule has 1 aliphatic carbocycles. The normalized spacial score (nSPS) is 23.7. The number of benzene rings is 2. The fraction of sp³-hybridized carbons (Fsp3) is 0.633. The molecule has 2 aromatic rings. The van der Waals surface area contributed by atoms with Crippen LogP contribution < -0.4 is 4.74 Å². The van der Waals surface area contributed by atoms with Gasteiger partial charge in [-0.1, -0.05) is 46.2 Å². The van der Waals surface area contributed by atoms with E-state index in [0.717, 1.165) is 68.6 Å². The quantitative estimate of drug-likeness (QED) is 0.264. The van der Waals surface area contributed by atoms with Gasteiger partial charge in [0, 0.05) is 12.0 Å². The minimum atomic E-state index is -0.210. The first kappa shape index (κ1) is 26.0. The Balaban J connectivity index is 1.25. The molecule has 3 atom stereocenters. The van der Waals surface area contributed by atoms with Crippen molar-refractivity contribution >= 4 is 16.7 Å². The summed E-state index contributed by atoms with van der Waals surface area (Å²) in [6, 6.07) is 11.8. The maximum absolute atomic E-state index is 13.0. The fourth-order valence-electron chi connectivity index (χ4n) is 5.24. The van der Waals surface area contributed by atoms with E-state index in [1.54, 1.807) is 0 Å². The van der Waals surface area contributed by atoms with Gasteiger partial charge in [-0.3, -0.25) is 0 Å². The summed E-state index contributed by atoms with van der Waals surface area (Å²) in [5.41, 5.74) is 0.831. The van der Waals surface area contributed by atoms with Crippen molar-refractivity contribution in [3.8, 4) is 5.75 Å². The topological polar surface area (TPSA) is 54.0 Å². The predicted octanol–water partition coefficient (Wildman–Crippen LogP) is 6.67. The van der Waals surface area contributed by atoms with Crippen molar-refractivity contribution in [2.24, 2.45) is 23.2 Å². The van der Waals surface area contributed by atoms with E-state index >= 15 is 0 Å². The molecule has 3 unspecified atom stereocenters. The second-order valence-corrected chi connectivity index (χ2v) is 11.4. The van der Waals surface area contributed by atoms with Crippen molar-refractivity contribution in [1.82, 2.24) is 0 Å². The van der Waals surface area contributed by atoms with Gasteiger partial charge in [0.05, 0.1) is 32.0 Å². The van der Waals surface area contributed by atoms with Crippen LogP contribution in [0.5, 0.6) is 5.75 Å². The number of unbranched alkanes of at least 4 members (excludes halogenated alkanes) is 1. The Hall–Kier alpha value is -2.11. The highest BCUT2D eigenvalue weighted by atomic mass is 16.5. The van der Waals surface area contributed by atoms with E-state index < -0.39 is 0 Å². The van der Waals surface area contributed by atoms with Crippen LogP contribution in [0.2, 0.25) is 0 Å². The summed E-state index contributed by atoms with van der Waals surface area (Å²) in [5, 5.41) is 2.08. The molecule has 1 heterocycles. The van der Waals surface area contributed by atoms with Crippen LogP contribution in [-0.2, 0) is 14.2 Å². The van der Waals surface area contributed by atoms with Crippen molar-refractivity contribution in [1.29, 1.82) is 0 Å². The van der Waals surface area contributed by atoms with Gasteiger partial charge in [-0.15, -0.1) is 0 Å². The number of ether oxygens (including phenoxy) is 4. The predicted molar refractivity (Wildman–Crippen MR) is 139 cm³/mol. The summed E-state index contributed by atoms with van der Waals surface area (Å²) in [6.07, 6.45) is 5.27. The monoisotopic (exact) mass is 482 g/mol. The van der Waals surface area contributed by atoms with Gasteiger partial charge in [0.2, 0.25) is 0 Å². The molecule has 5 heteroatoms. The van der Waals surface area contributed by atoms with Crippen molar-refractivity contribution in [2.45, 2.75) is 65.9 Å². The summed E-state index contributed by atoms with van der Waals surface area (Å²) in [6.45, 7) is 12.7. The van der Waals surface area contributed by atoms with Gasteiger partial charge in [0.25, 0.3) is 0 Å². The third-order valence-electron chi connectivity index (χ3n) is 7.57. The molecule has 2 aromatic carbocycles. The minimum Gasteiger partial charge on any atom is -0.494 e. The molecule has 0 bridgehead atoms. The molecule has 0 N–H and O–H groups in total. The first-order valence-electron chi connectivity index (χ1n) is 13.4. The molecular weight excluding hydrogens is 440 g/mol. The molecule has 1 saturated heterocycles. The maximum Gasteiger partial charge on any atom is 0.338 e. The number of carbonyl (C=O) groups is 1. The lowest BCUT2D eigenvalue weighted by Crippen LogP contribution is -2.43. The van der Waals surface area contributed by atoms with Crippen LogP contribution in [0.3, 0.4) is 0 Å². The van der Waals surface area contributed by atoms with E-state index in [0.29, 0.717) is 29.9 Å². The molecule has 4 rings (SSSR count). The van der Waals surface area contributed by atoms with Crippen LogP contribution in [0.1, 0.15) is 70.2 Å². The molecule has 5 nitrogen and oxygen atoms in total. The lowest BCUT2D eigenvalue weighted by atomic mass is 9.75. The van der Waals surface area contributed by atoms with Crippen molar-refractivity contribution < 1.29 is 23.7 Å². The van der Waals surface area contributed by atoms with Crippen LogP contribution in [0, 0.1) is 23.2 Å². The lowest BCUT2D eigenvalue weighted by Gasteiger charge is -2.37. The van der Waals surface area contributed by atoms with Gasteiger partial charge in [0.15, 0.2) is 0 Å². The molecule has 0 spiro atoms. The molecule has 0 aromatic heterocycles. The van der Waals surface area contributed by atoms with E-state index in [1.807, 2.05) is 36.4 Å². The summed E-state index contributed by atoms with van der Waals surface area (Å²) < 4.78 is 23.0. The van der Waals surface area contributed by atoms with E-state index in [1.165, 1.54) is 6.42 Å². The van der Waals surface area contributed by atoms with Crippen LogP contribution in [0.4, 0.5) is 0 Å².